The van der Waals surface area contributed by atoms with Crippen LogP contribution in [0.2, 0.25) is 0 Å². The highest BCUT2D eigenvalue weighted by Crippen LogP contribution is 2.32. The van der Waals surface area contributed by atoms with Gasteiger partial charge in [-0.1, -0.05) is 23.9 Å². The number of thiophene rings is 1. The molecule has 0 bridgehead atoms. The number of fused-ring (bicyclic) bond motifs is 1. The topological polar surface area (TPSA) is 47.9 Å². The molecule has 3 heterocycles. The van der Waals surface area contributed by atoms with Crippen molar-refractivity contribution in [1.29, 1.82) is 0 Å². The highest BCUT2D eigenvalue weighted by Gasteiger charge is 2.09. The average Bonchev–Trinajstić information content (AvgIpc) is 3.29. The molecule has 0 spiro atoms. The number of hydrogen-bond acceptors (Lipinski definition) is 7. The first-order valence-corrected chi connectivity index (χ1v) is 9.98. The zero-order chi connectivity index (χ0) is 16.4. The van der Waals surface area contributed by atoms with Gasteiger partial charge in [-0.3, -0.25) is 0 Å². The van der Waals surface area contributed by atoms with Crippen molar-refractivity contribution in [2.45, 2.75) is 10.8 Å². The molecule has 4 aromatic rings. The van der Waals surface area contributed by atoms with E-state index >= 15 is 0 Å². The molecule has 0 radical (unpaired) electrons. The summed E-state index contributed by atoms with van der Waals surface area (Å²) in [6.07, 6.45) is 1.63. The molecule has 0 aliphatic heterocycles. The van der Waals surface area contributed by atoms with E-state index in [4.69, 9.17) is 9.72 Å². The first kappa shape index (κ1) is 15.6. The number of ether oxygens (including phenoxy) is 1. The molecule has 0 amide bonds. The molecule has 24 heavy (non-hydrogen) atoms. The second-order valence-electron chi connectivity index (χ2n) is 4.98. The van der Waals surface area contributed by atoms with Crippen molar-refractivity contribution >= 4 is 44.7 Å². The zero-order valence-corrected chi connectivity index (χ0v) is 15.3. The standard InChI is InChI=1S/C17H13N3OS3/c1-21-13-4-2-3-11(7-13)15-20-12(8-23-15)9-24-17-14-5-6-22-16(14)18-10-19-17/h2-8,10H,9H2,1H3. The van der Waals surface area contributed by atoms with E-state index in [0.29, 0.717) is 0 Å². The van der Waals surface area contributed by atoms with Crippen LogP contribution in [0, 0.1) is 0 Å². The van der Waals surface area contributed by atoms with E-state index in [1.54, 1.807) is 47.9 Å². The third-order valence-electron chi connectivity index (χ3n) is 3.45. The van der Waals surface area contributed by atoms with Crippen molar-refractivity contribution in [3.8, 4) is 16.3 Å². The van der Waals surface area contributed by atoms with Crippen molar-refractivity contribution in [1.82, 2.24) is 15.0 Å². The summed E-state index contributed by atoms with van der Waals surface area (Å²) in [4.78, 5) is 14.5. The van der Waals surface area contributed by atoms with Gasteiger partial charge >= 0.3 is 0 Å². The van der Waals surface area contributed by atoms with Gasteiger partial charge in [-0.2, -0.15) is 0 Å². The number of rotatable bonds is 5. The Morgan fingerprint density at radius 2 is 2.12 bits per heavy atom. The smallest absolute Gasteiger partial charge is 0.127 e. The lowest BCUT2D eigenvalue weighted by Crippen LogP contribution is -1.86. The summed E-state index contributed by atoms with van der Waals surface area (Å²) in [6.45, 7) is 0. The fraction of sp³-hybridized carbons (Fsp3) is 0.118. The van der Waals surface area contributed by atoms with Crippen LogP contribution >= 0.6 is 34.4 Å². The van der Waals surface area contributed by atoms with E-state index in [1.165, 1.54) is 0 Å². The summed E-state index contributed by atoms with van der Waals surface area (Å²) in [5, 5.41) is 7.29. The molecule has 0 saturated carbocycles. The molecular weight excluding hydrogens is 358 g/mol. The SMILES string of the molecule is COc1cccc(-c2nc(CSc3ncnc4sccc34)cs2)c1. The second kappa shape index (κ2) is 6.88. The van der Waals surface area contributed by atoms with Crippen LogP contribution in [0.15, 0.2) is 52.4 Å². The lowest BCUT2D eigenvalue weighted by molar-refractivity contribution is 0.415. The number of nitrogens with zero attached hydrogens (tertiary/aromatic N) is 3. The van der Waals surface area contributed by atoms with Gasteiger partial charge in [0.05, 0.1) is 12.8 Å². The Hall–Kier alpha value is -1.96. The van der Waals surface area contributed by atoms with Crippen molar-refractivity contribution in [3.63, 3.8) is 0 Å². The zero-order valence-electron chi connectivity index (χ0n) is 12.8. The maximum atomic E-state index is 5.28. The van der Waals surface area contributed by atoms with Crippen molar-refractivity contribution in [3.05, 3.63) is 53.1 Å². The summed E-state index contributed by atoms with van der Waals surface area (Å²) in [5.74, 6) is 1.64. The fourth-order valence-corrected chi connectivity index (χ4v) is 4.88. The van der Waals surface area contributed by atoms with E-state index in [-0.39, 0.29) is 0 Å². The fourth-order valence-electron chi connectivity index (χ4n) is 2.29. The van der Waals surface area contributed by atoms with Crippen molar-refractivity contribution < 1.29 is 4.74 Å². The van der Waals surface area contributed by atoms with Gasteiger partial charge < -0.3 is 4.74 Å². The van der Waals surface area contributed by atoms with Gasteiger partial charge in [0.1, 0.15) is 26.9 Å². The van der Waals surface area contributed by atoms with Crippen molar-refractivity contribution in [2.24, 2.45) is 0 Å². The van der Waals surface area contributed by atoms with Gasteiger partial charge in [-0.05, 0) is 23.6 Å². The molecule has 120 valence electrons. The molecule has 0 aliphatic rings. The molecule has 7 heteroatoms. The van der Waals surface area contributed by atoms with Crippen molar-refractivity contribution in [2.75, 3.05) is 7.11 Å². The van der Waals surface area contributed by atoms with Crippen LogP contribution in [0.25, 0.3) is 20.8 Å². The molecule has 0 N–H and O–H groups in total. The molecule has 3 aromatic heterocycles. The minimum atomic E-state index is 0.794. The first-order chi connectivity index (χ1) is 11.8. The maximum Gasteiger partial charge on any atom is 0.127 e. The summed E-state index contributed by atoms with van der Waals surface area (Å²) in [5.41, 5.74) is 2.14. The summed E-state index contributed by atoms with van der Waals surface area (Å²) in [6, 6.07) is 10.1. The van der Waals surface area contributed by atoms with Crippen LogP contribution in [-0.2, 0) is 5.75 Å². The predicted octanol–water partition coefficient (Wildman–Crippen LogP) is 5.12. The number of thioether (sulfide) groups is 1. The molecule has 0 unspecified atom stereocenters. The molecule has 0 atom stereocenters. The summed E-state index contributed by atoms with van der Waals surface area (Å²) < 4.78 is 5.28. The summed E-state index contributed by atoms with van der Waals surface area (Å²) >= 11 is 4.99. The number of hydrogen-bond donors (Lipinski definition) is 0. The average molecular weight is 372 g/mol. The van der Waals surface area contributed by atoms with Gasteiger partial charge in [-0.15, -0.1) is 22.7 Å². The third kappa shape index (κ3) is 3.15. The highest BCUT2D eigenvalue weighted by molar-refractivity contribution is 7.98. The monoisotopic (exact) mass is 371 g/mol. The van der Waals surface area contributed by atoms with Crippen LogP contribution in [0.1, 0.15) is 5.69 Å². The van der Waals surface area contributed by atoms with E-state index in [9.17, 15) is 0 Å². The Balaban J connectivity index is 1.52. The maximum absolute atomic E-state index is 5.28. The van der Waals surface area contributed by atoms with E-state index < -0.39 is 0 Å². The molecule has 0 aliphatic carbocycles. The minimum absolute atomic E-state index is 0.794. The lowest BCUT2D eigenvalue weighted by Gasteiger charge is -2.01. The van der Waals surface area contributed by atoms with Gasteiger partial charge in [0.15, 0.2) is 0 Å². The van der Waals surface area contributed by atoms with Crippen LogP contribution in [0.3, 0.4) is 0 Å². The first-order valence-electron chi connectivity index (χ1n) is 7.23. The van der Waals surface area contributed by atoms with Gasteiger partial charge in [-0.25, -0.2) is 15.0 Å². The Labute approximate surface area is 151 Å². The molecule has 0 saturated heterocycles. The Morgan fingerprint density at radius 1 is 1.17 bits per heavy atom. The Kier molecular flexibility index (Phi) is 4.46. The van der Waals surface area contributed by atoms with Crippen LogP contribution in [-0.4, -0.2) is 22.1 Å². The largest absolute Gasteiger partial charge is 0.497 e. The quantitative estimate of drug-likeness (QED) is 0.360. The minimum Gasteiger partial charge on any atom is -0.497 e. The van der Waals surface area contributed by atoms with Crippen LogP contribution in [0.4, 0.5) is 0 Å². The number of methoxy groups -OCH3 is 1. The highest BCUT2D eigenvalue weighted by atomic mass is 32.2. The van der Waals surface area contributed by atoms with Gasteiger partial charge in [0.25, 0.3) is 0 Å². The molecule has 4 nitrogen and oxygen atoms in total. The molecule has 1 aromatic carbocycles. The Bertz CT molecular complexity index is 980. The van der Waals surface area contributed by atoms with E-state index in [0.717, 1.165) is 43.0 Å². The van der Waals surface area contributed by atoms with E-state index in [2.05, 4.69) is 27.5 Å². The second-order valence-corrected chi connectivity index (χ2v) is 7.70. The molecule has 4 rings (SSSR count). The normalized spacial score (nSPS) is 11.0. The number of benzene rings is 1. The van der Waals surface area contributed by atoms with Crippen LogP contribution < -0.4 is 4.74 Å². The van der Waals surface area contributed by atoms with Crippen LogP contribution in [0.5, 0.6) is 5.75 Å². The van der Waals surface area contributed by atoms with Gasteiger partial charge in [0, 0.05) is 22.1 Å². The third-order valence-corrected chi connectivity index (χ3v) is 6.25. The molecular formula is C17H13N3OS3. The number of aromatic nitrogens is 3. The number of thiazole rings is 1. The molecule has 0 fully saturated rings. The lowest BCUT2D eigenvalue weighted by atomic mass is 10.2. The van der Waals surface area contributed by atoms with Gasteiger partial charge in [0.2, 0.25) is 0 Å². The predicted molar refractivity (Wildman–Crippen MR) is 101 cm³/mol. The summed E-state index contributed by atoms with van der Waals surface area (Å²) in [7, 11) is 1.68. The Morgan fingerprint density at radius 3 is 3.04 bits per heavy atom. The van der Waals surface area contributed by atoms with E-state index in [1.807, 2.05) is 23.6 Å².